The summed E-state index contributed by atoms with van der Waals surface area (Å²) in [5.41, 5.74) is 1.28. The number of hydrogen-bond acceptors (Lipinski definition) is 4. The van der Waals surface area contributed by atoms with Gasteiger partial charge in [-0.1, -0.05) is 37.6 Å². The molecule has 0 spiro atoms. The number of aryl methyl sites for hydroxylation is 1. The molecule has 0 saturated heterocycles. The Balaban J connectivity index is 3.36. The summed E-state index contributed by atoms with van der Waals surface area (Å²) in [6, 6.07) is 3.88. The normalized spacial score (nSPS) is 12.0. The average Bonchev–Trinajstić information content (AvgIpc) is 2.49. The van der Waals surface area contributed by atoms with Crippen LogP contribution in [0.2, 0.25) is 5.02 Å². The van der Waals surface area contributed by atoms with Gasteiger partial charge in [0.1, 0.15) is 5.75 Å². The third-order valence-electron chi connectivity index (χ3n) is 3.46. The molecule has 0 fully saturated rings. The van der Waals surface area contributed by atoms with Crippen molar-refractivity contribution in [2.45, 2.75) is 40.0 Å². The molecule has 4 nitrogen and oxygen atoms in total. The summed E-state index contributed by atoms with van der Waals surface area (Å²) in [5.74, 6) is 0.324. The van der Waals surface area contributed by atoms with Crippen LogP contribution in [0.3, 0.4) is 0 Å². The van der Waals surface area contributed by atoms with Crippen LogP contribution in [0.4, 0.5) is 0 Å². The molecule has 1 rings (SSSR count). The van der Waals surface area contributed by atoms with Crippen molar-refractivity contribution in [1.29, 1.82) is 0 Å². The third kappa shape index (κ3) is 4.64. The first-order chi connectivity index (χ1) is 10.8. The minimum absolute atomic E-state index is 0.193. The zero-order valence-electron chi connectivity index (χ0n) is 14.7. The topological polar surface area (TPSA) is 44.8 Å². The second kappa shape index (κ2) is 8.25. The molecule has 128 valence electrons. The monoisotopic (exact) mass is 340 g/mol. The lowest BCUT2D eigenvalue weighted by atomic mass is 9.82. The lowest BCUT2D eigenvalue weighted by molar-refractivity contribution is -0.142. The van der Waals surface area contributed by atoms with Gasteiger partial charge in [-0.05, 0) is 32.4 Å². The van der Waals surface area contributed by atoms with Crippen LogP contribution in [0.5, 0.6) is 5.75 Å². The highest BCUT2D eigenvalue weighted by Gasteiger charge is 2.27. The molecule has 0 aromatic heterocycles. The zero-order chi connectivity index (χ0) is 17.6. The maximum absolute atomic E-state index is 12.0. The van der Waals surface area contributed by atoms with E-state index in [1.165, 1.54) is 0 Å². The quantitative estimate of drug-likeness (QED) is 0.419. The Morgan fingerprint density at radius 1 is 1.22 bits per heavy atom. The van der Waals surface area contributed by atoms with E-state index in [4.69, 9.17) is 25.8 Å². The number of allylic oxidation sites excluding steroid dienone is 1. The molecule has 0 radical (unpaired) electrons. The molecule has 0 aliphatic carbocycles. The summed E-state index contributed by atoms with van der Waals surface area (Å²) in [5, 5.41) is 0.570. The highest BCUT2D eigenvalue weighted by Crippen LogP contribution is 2.39. The molecule has 0 saturated carbocycles. The van der Waals surface area contributed by atoms with Crippen LogP contribution < -0.4 is 4.74 Å². The fraction of sp³-hybridized carbons (Fsp3) is 0.500. The Morgan fingerprint density at radius 2 is 1.83 bits per heavy atom. The van der Waals surface area contributed by atoms with E-state index >= 15 is 0 Å². The summed E-state index contributed by atoms with van der Waals surface area (Å²) < 4.78 is 16.0. The second-order valence-corrected chi connectivity index (χ2v) is 6.04. The fourth-order valence-electron chi connectivity index (χ4n) is 2.28. The van der Waals surface area contributed by atoms with Gasteiger partial charge in [0.05, 0.1) is 25.3 Å². The van der Waals surface area contributed by atoms with Crippen molar-refractivity contribution < 1.29 is 19.0 Å². The number of ether oxygens (including phenoxy) is 3. The van der Waals surface area contributed by atoms with Gasteiger partial charge in [-0.15, -0.1) is 0 Å². The van der Waals surface area contributed by atoms with E-state index in [9.17, 15) is 4.79 Å². The van der Waals surface area contributed by atoms with E-state index in [2.05, 4.69) is 0 Å². The summed E-state index contributed by atoms with van der Waals surface area (Å²) in [6.45, 7) is 10.1. The summed E-state index contributed by atoms with van der Waals surface area (Å²) in [6.07, 6.45) is 1.75. The molecule has 0 amide bonds. The number of halogens is 1. The van der Waals surface area contributed by atoms with Gasteiger partial charge in [0.2, 0.25) is 5.76 Å². The van der Waals surface area contributed by atoms with E-state index in [1.54, 1.807) is 20.1 Å². The van der Waals surface area contributed by atoms with Crippen molar-refractivity contribution in [3.63, 3.8) is 0 Å². The van der Waals surface area contributed by atoms with Crippen LogP contribution >= 0.6 is 11.6 Å². The lowest BCUT2D eigenvalue weighted by Gasteiger charge is -2.25. The molecular weight excluding hydrogens is 316 g/mol. The van der Waals surface area contributed by atoms with Crippen LogP contribution in [0, 0.1) is 6.92 Å². The molecule has 1 aromatic carbocycles. The van der Waals surface area contributed by atoms with Crippen LogP contribution in [0.15, 0.2) is 24.0 Å². The Bertz CT molecular complexity index is 591. The first-order valence-electron chi connectivity index (χ1n) is 7.64. The molecular formula is C18H25ClO4. The van der Waals surface area contributed by atoms with Gasteiger partial charge in [-0.2, -0.15) is 0 Å². The molecule has 0 atom stereocenters. The van der Waals surface area contributed by atoms with Crippen LogP contribution in [-0.2, 0) is 19.7 Å². The van der Waals surface area contributed by atoms with Crippen molar-refractivity contribution in [3.8, 4) is 5.75 Å². The van der Waals surface area contributed by atoms with Gasteiger partial charge < -0.3 is 14.2 Å². The maximum Gasteiger partial charge on any atom is 0.373 e. The molecule has 0 unspecified atom stereocenters. The molecule has 0 bridgehead atoms. The molecule has 1 aromatic rings. The minimum atomic E-state index is -0.528. The highest BCUT2D eigenvalue weighted by atomic mass is 35.5. The fourth-order valence-corrected chi connectivity index (χ4v) is 2.53. The maximum atomic E-state index is 12.0. The van der Waals surface area contributed by atoms with E-state index in [1.807, 2.05) is 39.8 Å². The van der Waals surface area contributed by atoms with E-state index in [0.29, 0.717) is 24.0 Å². The Kier molecular flexibility index (Phi) is 6.95. The Labute approximate surface area is 143 Å². The standard InChI is InChI=1S/C18H25ClO4/c1-7-22-14(17(20)23-8-2)11-18(4,5)13-10-9-12(3)15(19)16(13)21-6/h9-11H,7-8H2,1-6H3. The van der Waals surface area contributed by atoms with Crippen LogP contribution in [0.1, 0.15) is 38.8 Å². The molecule has 0 N–H and O–H groups in total. The molecule has 0 aliphatic rings. The first kappa shape index (κ1) is 19.4. The third-order valence-corrected chi connectivity index (χ3v) is 3.93. The first-order valence-corrected chi connectivity index (χ1v) is 8.02. The average molecular weight is 341 g/mol. The summed E-state index contributed by atoms with van der Waals surface area (Å²) in [7, 11) is 1.58. The van der Waals surface area contributed by atoms with E-state index in [-0.39, 0.29) is 5.76 Å². The molecule has 5 heteroatoms. The predicted molar refractivity (Wildman–Crippen MR) is 92.1 cm³/mol. The molecule has 23 heavy (non-hydrogen) atoms. The second-order valence-electron chi connectivity index (χ2n) is 5.66. The number of rotatable bonds is 7. The molecule has 0 heterocycles. The number of esters is 1. The van der Waals surface area contributed by atoms with Gasteiger partial charge in [0.25, 0.3) is 0 Å². The van der Waals surface area contributed by atoms with Crippen molar-refractivity contribution in [1.82, 2.24) is 0 Å². The van der Waals surface area contributed by atoms with Gasteiger partial charge >= 0.3 is 5.97 Å². The Morgan fingerprint density at radius 3 is 2.35 bits per heavy atom. The number of carbonyl (C=O) groups is 1. The smallest absolute Gasteiger partial charge is 0.373 e. The largest absolute Gasteiger partial charge is 0.495 e. The van der Waals surface area contributed by atoms with Gasteiger partial charge in [-0.25, -0.2) is 4.79 Å². The summed E-state index contributed by atoms with van der Waals surface area (Å²) in [4.78, 5) is 12.0. The Hall–Kier alpha value is -1.68. The SMILES string of the molecule is CCOC(=O)C(=CC(C)(C)c1ccc(C)c(Cl)c1OC)OCC. The molecule has 0 aliphatic heterocycles. The van der Waals surface area contributed by atoms with Crippen molar-refractivity contribution in [2.75, 3.05) is 20.3 Å². The summed E-state index contributed by atoms with van der Waals surface area (Å²) >= 11 is 6.35. The van der Waals surface area contributed by atoms with Crippen molar-refractivity contribution in [2.24, 2.45) is 0 Å². The van der Waals surface area contributed by atoms with Crippen molar-refractivity contribution >= 4 is 17.6 Å². The van der Waals surface area contributed by atoms with Gasteiger partial charge in [0.15, 0.2) is 0 Å². The highest BCUT2D eigenvalue weighted by molar-refractivity contribution is 6.33. The van der Waals surface area contributed by atoms with Crippen molar-refractivity contribution in [3.05, 3.63) is 40.1 Å². The van der Waals surface area contributed by atoms with E-state index in [0.717, 1.165) is 11.1 Å². The van der Waals surface area contributed by atoms with Crippen LogP contribution in [-0.4, -0.2) is 26.3 Å². The van der Waals surface area contributed by atoms with Crippen LogP contribution in [0.25, 0.3) is 0 Å². The number of carbonyl (C=O) groups excluding carboxylic acids is 1. The number of benzene rings is 1. The zero-order valence-corrected chi connectivity index (χ0v) is 15.4. The van der Waals surface area contributed by atoms with E-state index < -0.39 is 11.4 Å². The minimum Gasteiger partial charge on any atom is -0.495 e. The predicted octanol–water partition coefficient (Wildman–Crippen LogP) is 4.42. The number of methoxy groups -OCH3 is 1. The lowest BCUT2D eigenvalue weighted by Crippen LogP contribution is -2.20. The number of hydrogen-bond donors (Lipinski definition) is 0. The van der Waals surface area contributed by atoms with Gasteiger partial charge in [-0.3, -0.25) is 0 Å². The van der Waals surface area contributed by atoms with Gasteiger partial charge in [0, 0.05) is 11.0 Å².